The van der Waals surface area contributed by atoms with Crippen LogP contribution in [0, 0.1) is 11.3 Å². The van der Waals surface area contributed by atoms with Crippen LogP contribution in [0.3, 0.4) is 0 Å². The van der Waals surface area contributed by atoms with Crippen molar-refractivity contribution in [1.82, 2.24) is 5.32 Å². The van der Waals surface area contributed by atoms with Crippen LogP contribution < -0.4 is 5.32 Å². The van der Waals surface area contributed by atoms with Crippen LogP contribution in [0.25, 0.3) is 0 Å². The highest BCUT2D eigenvalue weighted by Gasteiger charge is 2.03. The van der Waals surface area contributed by atoms with E-state index in [9.17, 15) is 0 Å². The predicted molar refractivity (Wildman–Crippen MR) is 37.6 cm³/mol. The first kappa shape index (κ1) is 8.03. The zero-order chi connectivity index (χ0) is 7.33. The molecule has 0 atom stereocenters. The monoisotopic (exact) mass is 124 g/mol. The van der Waals surface area contributed by atoms with Gasteiger partial charge in [-0.3, -0.25) is 0 Å². The first-order chi connectivity index (χ1) is 4.06. The Morgan fingerprint density at radius 2 is 2.00 bits per heavy atom. The van der Waals surface area contributed by atoms with Crippen LogP contribution in [0.1, 0.15) is 20.8 Å². The molecule has 0 aliphatic rings. The van der Waals surface area contributed by atoms with Crippen molar-refractivity contribution in [2.24, 2.45) is 0 Å². The number of nitrogens with zero attached hydrogens (tertiary/aromatic N) is 1. The maximum atomic E-state index is 8.09. The average Bonchev–Trinajstić information content (AvgIpc) is 1.63. The Labute approximate surface area is 56.2 Å². The third-order valence-electron chi connectivity index (χ3n) is 0.674. The van der Waals surface area contributed by atoms with Crippen molar-refractivity contribution in [2.75, 3.05) is 0 Å². The molecule has 0 heterocycles. The van der Waals surface area contributed by atoms with Gasteiger partial charge in [0.2, 0.25) is 0 Å². The number of rotatable bonds is 1. The molecular weight excluding hydrogens is 112 g/mol. The minimum Gasteiger partial charge on any atom is -0.386 e. The fourth-order valence-electron chi connectivity index (χ4n) is 0.329. The van der Waals surface area contributed by atoms with Crippen molar-refractivity contribution in [3.63, 3.8) is 0 Å². The highest BCUT2D eigenvalue weighted by Crippen LogP contribution is 1.96. The van der Waals surface area contributed by atoms with Crippen molar-refractivity contribution in [1.29, 1.82) is 5.26 Å². The van der Waals surface area contributed by atoms with E-state index in [2.05, 4.69) is 5.32 Å². The Kier molecular flexibility index (Phi) is 2.80. The molecule has 0 unspecified atom stereocenters. The molecule has 0 saturated heterocycles. The highest BCUT2D eigenvalue weighted by molar-refractivity contribution is 5.01. The number of nitriles is 1. The summed E-state index contributed by atoms with van der Waals surface area (Å²) in [7, 11) is 0. The van der Waals surface area contributed by atoms with E-state index in [-0.39, 0.29) is 5.54 Å². The zero-order valence-electron chi connectivity index (χ0n) is 6.10. The van der Waals surface area contributed by atoms with E-state index in [1.54, 1.807) is 6.20 Å². The van der Waals surface area contributed by atoms with Gasteiger partial charge in [0.05, 0.1) is 6.07 Å². The van der Waals surface area contributed by atoms with Crippen molar-refractivity contribution in [2.45, 2.75) is 26.3 Å². The highest BCUT2D eigenvalue weighted by atomic mass is 14.9. The largest absolute Gasteiger partial charge is 0.386 e. The number of allylic oxidation sites excluding steroid dienone is 1. The van der Waals surface area contributed by atoms with E-state index < -0.39 is 0 Å². The normalized spacial score (nSPS) is 11.3. The molecule has 0 spiro atoms. The van der Waals surface area contributed by atoms with Crippen LogP contribution in [0.5, 0.6) is 0 Å². The quantitative estimate of drug-likeness (QED) is 0.536. The summed E-state index contributed by atoms with van der Waals surface area (Å²) in [4.78, 5) is 0. The first-order valence-corrected chi connectivity index (χ1v) is 2.88. The van der Waals surface area contributed by atoms with E-state index in [0.717, 1.165) is 0 Å². The molecule has 1 N–H and O–H groups in total. The zero-order valence-corrected chi connectivity index (χ0v) is 6.10. The molecule has 0 aromatic heterocycles. The standard InChI is InChI=1S/C7H12N2/c1-7(2,3)9-6-4-5-8/h4,6,9H,1-3H3. The number of hydrogen-bond donors (Lipinski definition) is 1. The van der Waals surface area contributed by atoms with Crippen molar-refractivity contribution >= 4 is 0 Å². The molecule has 0 aliphatic heterocycles. The van der Waals surface area contributed by atoms with Crippen LogP contribution in [-0.4, -0.2) is 5.54 Å². The summed E-state index contributed by atoms with van der Waals surface area (Å²) >= 11 is 0. The molecule has 0 radical (unpaired) electrons. The molecule has 0 fully saturated rings. The molecule has 0 saturated carbocycles. The molecule has 9 heavy (non-hydrogen) atoms. The second kappa shape index (κ2) is 3.13. The molecule has 0 aliphatic carbocycles. The molecule has 0 amide bonds. The van der Waals surface area contributed by atoms with Crippen molar-refractivity contribution < 1.29 is 0 Å². The summed E-state index contributed by atoms with van der Waals surface area (Å²) in [6, 6.07) is 1.90. The van der Waals surface area contributed by atoms with Gasteiger partial charge in [-0.25, -0.2) is 0 Å². The Hall–Kier alpha value is -0.970. The van der Waals surface area contributed by atoms with E-state index >= 15 is 0 Å². The second-order valence-electron chi connectivity index (χ2n) is 2.86. The second-order valence-corrected chi connectivity index (χ2v) is 2.86. The lowest BCUT2D eigenvalue weighted by Gasteiger charge is -2.17. The van der Waals surface area contributed by atoms with E-state index in [1.807, 2.05) is 26.8 Å². The Morgan fingerprint density at radius 1 is 1.44 bits per heavy atom. The summed E-state index contributed by atoms with van der Waals surface area (Å²) in [6.07, 6.45) is 3.07. The summed E-state index contributed by atoms with van der Waals surface area (Å²) in [5, 5.41) is 11.1. The molecule has 0 bridgehead atoms. The van der Waals surface area contributed by atoms with Crippen LogP contribution in [0.2, 0.25) is 0 Å². The lowest BCUT2D eigenvalue weighted by atomic mass is 10.1. The van der Waals surface area contributed by atoms with Crippen LogP contribution in [-0.2, 0) is 0 Å². The smallest absolute Gasteiger partial charge is 0.0927 e. The minimum absolute atomic E-state index is 0.0628. The van der Waals surface area contributed by atoms with Crippen molar-refractivity contribution in [3.8, 4) is 6.07 Å². The van der Waals surface area contributed by atoms with Gasteiger partial charge in [0.15, 0.2) is 0 Å². The molecule has 0 rings (SSSR count). The van der Waals surface area contributed by atoms with E-state index in [0.29, 0.717) is 0 Å². The van der Waals surface area contributed by atoms with Gasteiger partial charge in [-0.15, -0.1) is 0 Å². The summed E-state index contributed by atoms with van der Waals surface area (Å²) < 4.78 is 0. The molecular formula is C7H12N2. The molecule has 2 nitrogen and oxygen atoms in total. The van der Waals surface area contributed by atoms with Gasteiger partial charge in [0.25, 0.3) is 0 Å². The van der Waals surface area contributed by atoms with Gasteiger partial charge in [0, 0.05) is 17.8 Å². The van der Waals surface area contributed by atoms with Gasteiger partial charge in [-0.05, 0) is 20.8 Å². The average molecular weight is 124 g/mol. The summed E-state index contributed by atoms with van der Waals surface area (Å²) in [5.41, 5.74) is 0.0628. The van der Waals surface area contributed by atoms with Gasteiger partial charge in [-0.2, -0.15) is 5.26 Å². The van der Waals surface area contributed by atoms with Gasteiger partial charge < -0.3 is 5.32 Å². The fourth-order valence-corrected chi connectivity index (χ4v) is 0.329. The first-order valence-electron chi connectivity index (χ1n) is 2.88. The third kappa shape index (κ3) is 7.03. The Morgan fingerprint density at radius 3 is 2.33 bits per heavy atom. The lowest BCUT2D eigenvalue weighted by Crippen LogP contribution is -2.30. The topological polar surface area (TPSA) is 35.8 Å². The number of nitrogens with one attached hydrogen (secondary N) is 1. The summed E-state index contributed by atoms with van der Waals surface area (Å²) in [5.74, 6) is 0. The maximum Gasteiger partial charge on any atom is 0.0927 e. The minimum atomic E-state index is 0.0628. The SMILES string of the molecule is CC(C)(C)NC=CC#N. The molecule has 2 heteroatoms. The van der Waals surface area contributed by atoms with Crippen LogP contribution in [0.4, 0.5) is 0 Å². The Balaban J connectivity index is 3.54. The third-order valence-corrected chi connectivity index (χ3v) is 0.674. The fraction of sp³-hybridized carbons (Fsp3) is 0.571. The van der Waals surface area contributed by atoms with Gasteiger partial charge >= 0.3 is 0 Å². The summed E-state index contributed by atoms with van der Waals surface area (Å²) in [6.45, 7) is 6.11. The molecule has 0 aromatic rings. The lowest BCUT2D eigenvalue weighted by molar-refractivity contribution is 0.491. The Bertz CT molecular complexity index is 134. The van der Waals surface area contributed by atoms with Crippen LogP contribution in [0.15, 0.2) is 12.3 Å². The predicted octanol–water partition coefficient (Wildman–Crippen LogP) is 1.41. The molecule has 0 aromatic carbocycles. The van der Waals surface area contributed by atoms with Crippen LogP contribution >= 0.6 is 0 Å². The van der Waals surface area contributed by atoms with E-state index in [4.69, 9.17) is 5.26 Å². The van der Waals surface area contributed by atoms with Crippen molar-refractivity contribution in [3.05, 3.63) is 12.3 Å². The van der Waals surface area contributed by atoms with E-state index in [1.165, 1.54) is 6.08 Å². The van der Waals surface area contributed by atoms with Gasteiger partial charge in [0.1, 0.15) is 0 Å². The number of hydrogen-bond acceptors (Lipinski definition) is 2. The maximum absolute atomic E-state index is 8.09. The molecule has 50 valence electrons. The van der Waals surface area contributed by atoms with Gasteiger partial charge in [-0.1, -0.05) is 0 Å².